The van der Waals surface area contributed by atoms with E-state index in [1.807, 2.05) is 0 Å². The van der Waals surface area contributed by atoms with Crippen LogP contribution < -0.4 is 0 Å². The maximum atomic E-state index is 12.9. The fourth-order valence-corrected chi connectivity index (χ4v) is 8.83. The Morgan fingerprint density at radius 2 is 0.520 bits per heavy atom. The van der Waals surface area contributed by atoms with Crippen molar-refractivity contribution in [3.8, 4) is 0 Å². The van der Waals surface area contributed by atoms with Crippen molar-refractivity contribution in [2.24, 2.45) is 0 Å². The number of carbonyl (C=O) groups excluding carboxylic acids is 3. The van der Waals surface area contributed by atoms with Crippen LogP contribution in [0.25, 0.3) is 0 Å². The van der Waals surface area contributed by atoms with Crippen LogP contribution >= 0.6 is 0 Å². The molecule has 0 heterocycles. The Labute approximate surface area is 464 Å². The Morgan fingerprint density at radius 1 is 0.280 bits per heavy atom. The first-order valence-corrected chi connectivity index (χ1v) is 31.7. The third-order valence-corrected chi connectivity index (χ3v) is 13.6. The zero-order chi connectivity index (χ0) is 54.3. The minimum atomic E-state index is -0.788. The van der Waals surface area contributed by atoms with Gasteiger partial charge in [0.2, 0.25) is 0 Å². The summed E-state index contributed by atoms with van der Waals surface area (Å²) in [7, 11) is 0. The van der Waals surface area contributed by atoms with E-state index in [9.17, 15) is 14.4 Å². The Balaban J connectivity index is 4.35. The van der Waals surface area contributed by atoms with E-state index in [0.29, 0.717) is 19.3 Å². The highest BCUT2D eigenvalue weighted by Crippen LogP contribution is 2.16. The average molecular weight is 1040 g/mol. The number of allylic oxidation sites excluding steroid dienone is 16. The smallest absolute Gasteiger partial charge is 0.306 e. The van der Waals surface area contributed by atoms with Gasteiger partial charge in [-0.3, -0.25) is 14.4 Å². The van der Waals surface area contributed by atoms with E-state index in [1.165, 1.54) is 141 Å². The van der Waals surface area contributed by atoms with Crippen LogP contribution in [0.3, 0.4) is 0 Å². The second kappa shape index (κ2) is 62.9. The predicted octanol–water partition coefficient (Wildman–Crippen LogP) is 21.7. The molecule has 0 aliphatic carbocycles. The van der Waals surface area contributed by atoms with Gasteiger partial charge in [-0.15, -0.1) is 0 Å². The quantitative estimate of drug-likeness (QED) is 0.0261. The van der Waals surface area contributed by atoms with E-state index < -0.39 is 6.10 Å². The molecule has 0 spiro atoms. The van der Waals surface area contributed by atoms with Gasteiger partial charge in [-0.25, -0.2) is 0 Å². The first-order valence-electron chi connectivity index (χ1n) is 31.7. The topological polar surface area (TPSA) is 78.9 Å². The van der Waals surface area contributed by atoms with Crippen molar-refractivity contribution in [3.05, 3.63) is 97.2 Å². The molecule has 0 saturated carbocycles. The molecule has 0 aromatic carbocycles. The minimum absolute atomic E-state index is 0.0831. The third-order valence-electron chi connectivity index (χ3n) is 13.6. The fraction of sp³-hybridized carbons (Fsp3) is 0.725. The lowest BCUT2D eigenvalue weighted by Gasteiger charge is -2.18. The van der Waals surface area contributed by atoms with Gasteiger partial charge in [-0.2, -0.15) is 0 Å². The molecule has 0 aliphatic heterocycles. The molecule has 0 saturated heterocycles. The molecule has 0 amide bonds. The molecule has 6 heteroatoms. The SMILES string of the molecule is CC/C=C\C/C=C\C/C=C\C/C=C\C/C=C\C/C=C\C/C=C\CCCCCCCC(=O)OCC(COC(=O)CCCCCCCCCCCCCC)OC(=O)CCCCCCCCC/C=C\CCCCCCCCC. The van der Waals surface area contributed by atoms with Crippen LogP contribution in [0.15, 0.2) is 97.2 Å². The second-order valence-corrected chi connectivity index (χ2v) is 20.9. The van der Waals surface area contributed by atoms with Gasteiger partial charge >= 0.3 is 17.9 Å². The molecule has 75 heavy (non-hydrogen) atoms. The standard InChI is InChI=1S/C69H118O6/c1-4-7-10-13-16-19-22-25-27-29-31-32-33-34-35-36-37-38-39-41-42-44-47-50-53-56-59-62-68(71)74-65-66(64-73-67(70)61-58-55-52-49-46-24-21-18-15-12-9-6-3)75-69(72)63-60-57-54-51-48-45-43-40-30-28-26-23-20-17-14-11-8-5-2/h7,10,16,19,25,27-28,30-32,34-35,37-38,41-42,66H,4-6,8-9,11-15,17-18,20-24,26,29,33,36,39-40,43-65H2,1-3H3/b10-7-,19-16-,27-25-,30-28-,32-31-,35-34-,38-37-,42-41-. The highest BCUT2D eigenvalue weighted by molar-refractivity contribution is 5.71. The molecule has 0 aromatic rings. The third kappa shape index (κ3) is 61.1. The van der Waals surface area contributed by atoms with Crippen molar-refractivity contribution in [2.45, 2.75) is 309 Å². The first kappa shape index (κ1) is 71.3. The molecule has 0 bridgehead atoms. The number of ether oxygens (including phenoxy) is 3. The number of unbranched alkanes of at least 4 members (excludes halogenated alkanes) is 30. The van der Waals surface area contributed by atoms with Crippen LogP contribution in [0.5, 0.6) is 0 Å². The molecule has 0 radical (unpaired) electrons. The molecule has 0 aromatic heterocycles. The molecule has 1 unspecified atom stereocenters. The summed E-state index contributed by atoms with van der Waals surface area (Å²) in [6, 6.07) is 0. The zero-order valence-electron chi connectivity index (χ0n) is 49.3. The molecular formula is C69H118O6. The summed E-state index contributed by atoms with van der Waals surface area (Å²) in [6.45, 7) is 6.52. The number of hydrogen-bond donors (Lipinski definition) is 0. The Kier molecular flexibility index (Phi) is 59.8. The molecule has 0 aliphatic rings. The second-order valence-electron chi connectivity index (χ2n) is 20.9. The molecular weight excluding hydrogens is 925 g/mol. The van der Waals surface area contributed by atoms with Gasteiger partial charge in [-0.1, -0.05) is 279 Å². The molecule has 0 fully saturated rings. The van der Waals surface area contributed by atoms with Crippen LogP contribution in [0.1, 0.15) is 303 Å². The van der Waals surface area contributed by atoms with E-state index in [1.54, 1.807) is 0 Å². The maximum absolute atomic E-state index is 12.9. The Morgan fingerprint density at radius 3 is 0.827 bits per heavy atom. The largest absolute Gasteiger partial charge is 0.462 e. The Bertz CT molecular complexity index is 1480. The normalized spacial score (nSPS) is 12.7. The molecule has 6 nitrogen and oxygen atoms in total. The summed E-state index contributed by atoms with van der Waals surface area (Å²) < 4.78 is 16.9. The minimum Gasteiger partial charge on any atom is -0.462 e. The van der Waals surface area contributed by atoms with Crippen molar-refractivity contribution >= 4 is 17.9 Å². The number of esters is 3. The molecule has 1 atom stereocenters. The van der Waals surface area contributed by atoms with E-state index >= 15 is 0 Å². The van der Waals surface area contributed by atoms with Gasteiger partial charge < -0.3 is 14.2 Å². The fourth-order valence-electron chi connectivity index (χ4n) is 8.83. The van der Waals surface area contributed by atoms with Crippen molar-refractivity contribution < 1.29 is 28.6 Å². The van der Waals surface area contributed by atoms with Gasteiger partial charge in [-0.05, 0) is 103 Å². The number of rotatable bonds is 57. The highest BCUT2D eigenvalue weighted by Gasteiger charge is 2.19. The van der Waals surface area contributed by atoms with Crippen LogP contribution in [0.2, 0.25) is 0 Å². The lowest BCUT2D eigenvalue weighted by atomic mass is 10.0. The van der Waals surface area contributed by atoms with Crippen molar-refractivity contribution in [3.63, 3.8) is 0 Å². The van der Waals surface area contributed by atoms with Crippen molar-refractivity contribution in [1.82, 2.24) is 0 Å². The lowest BCUT2D eigenvalue weighted by molar-refractivity contribution is -0.167. The van der Waals surface area contributed by atoms with Crippen LogP contribution in [-0.2, 0) is 28.6 Å². The van der Waals surface area contributed by atoms with Gasteiger partial charge in [0.1, 0.15) is 13.2 Å². The van der Waals surface area contributed by atoms with Gasteiger partial charge in [0.05, 0.1) is 0 Å². The van der Waals surface area contributed by atoms with Crippen molar-refractivity contribution in [2.75, 3.05) is 13.2 Å². The molecule has 0 N–H and O–H groups in total. The van der Waals surface area contributed by atoms with Gasteiger partial charge in [0.15, 0.2) is 6.10 Å². The summed E-state index contributed by atoms with van der Waals surface area (Å²) in [4.78, 5) is 38.3. The lowest BCUT2D eigenvalue weighted by Crippen LogP contribution is -2.30. The Hall–Kier alpha value is -3.67. The van der Waals surface area contributed by atoms with Crippen LogP contribution in [0.4, 0.5) is 0 Å². The number of hydrogen-bond acceptors (Lipinski definition) is 6. The van der Waals surface area contributed by atoms with E-state index in [-0.39, 0.29) is 31.1 Å². The first-order chi connectivity index (χ1) is 37.0. The average Bonchev–Trinajstić information content (AvgIpc) is 3.41. The summed E-state index contributed by atoms with van der Waals surface area (Å²) in [5.41, 5.74) is 0. The van der Waals surface area contributed by atoms with E-state index in [0.717, 1.165) is 122 Å². The highest BCUT2D eigenvalue weighted by atomic mass is 16.6. The summed E-state index contributed by atoms with van der Waals surface area (Å²) in [5.74, 6) is -0.898. The maximum Gasteiger partial charge on any atom is 0.306 e. The summed E-state index contributed by atoms with van der Waals surface area (Å²) in [6.07, 6.45) is 84.1. The van der Waals surface area contributed by atoms with Gasteiger partial charge in [0, 0.05) is 19.3 Å². The number of carbonyl (C=O) groups is 3. The summed E-state index contributed by atoms with van der Waals surface area (Å²) in [5, 5.41) is 0. The van der Waals surface area contributed by atoms with Crippen LogP contribution in [-0.4, -0.2) is 37.2 Å². The van der Waals surface area contributed by atoms with E-state index in [2.05, 4.69) is 118 Å². The molecule has 430 valence electrons. The van der Waals surface area contributed by atoms with E-state index in [4.69, 9.17) is 14.2 Å². The van der Waals surface area contributed by atoms with Crippen LogP contribution in [0, 0.1) is 0 Å². The monoisotopic (exact) mass is 1040 g/mol. The zero-order valence-corrected chi connectivity index (χ0v) is 49.3. The summed E-state index contributed by atoms with van der Waals surface area (Å²) >= 11 is 0. The van der Waals surface area contributed by atoms with Crippen molar-refractivity contribution in [1.29, 1.82) is 0 Å². The van der Waals surface area contributed by atoms with Gasteiger partial charge in [0.25, 0.3) is 0 Å². The predicted molar refractivity (Wildman–Crippen MR) is 325 cm³/mol. The molecule has 0 rings (SSSR count).